The molecule has 0 spiro atoms. The molecule has 2 rings (SSSR count). The van der Waals surface area contributed by atoms with Crippen molar-refractivity contribution in [2.75, 3.05) is 7.05 Å². The van der Waals surface area contributed by atoms with Gasteiger partial charge < -0.3 is 4.98 Å². The average Bonchev–Trinajstić information content (AvgIpc) is 2.71. The molecular weight excluding hydrogens is 254 g/mol. The van der Waals surface area contributed by atoms with Gasteiger partial charge in [0.1, 0.15) is 11.2 Å². The molecule has 6 heteroatoms. The van der Waals surface area contributed by atoms with Gasteiger partial charge in [-0.1, -0.05) is 13.8 Å². The van der Waals surface area contributed by atoms with Crippen LogP contribution in [-0.4, -0.2) is 37.7 Å². The van der Waals surface area contributed by atoms with Crippen molar-refractivity contribution in [3.63, 3.8) is 0 Å². The lowest BCUT2D eigenvalue weighted by Crippen LogP contribution is -2.31. The molecule has 110 valence electrons. The summed E-state index contributed by atoms with van der Waals surface area (Å²) in [6.07, 6.45) is 2.67. The van der Waals surface area contributed by atoms with Gasteiger partial charge in [-0.25, -0.2) is 4.98 Å². The van der Waals surface area contributed by atoms with E-state index in [1.807, 2.05) is 0 Å². The number of fused-ring (bicyclic) bond motifs is 1. The number of aromatic amines is 1. The van der Waals surface area contributed by atoms with Crippen LogP contribution in [0, 0.1) is 5.92 Å². The number of H-pyrrole nitrogens is 1. The third-order valence-electron chi connectivity index (χ3n) is 3.61. The summed E-state index contributed by atoms with van der Waals surface area (Å²) < 4.78 is 1.63. The molecule has 0 saturated carbocycles. The van der Waals surface area contributed by atoms with Gasteiger partial charge in [0.25, 0.3) is 5.56 Å². The normalized spacial score (nSPS) is 13.6. The fourth-order valence-corrected chi connectivity index (χ4v) is 2.41. The number of nitrogens with one attached hydrogen (secondary N) is 1. The Labute approximate surface area is 118 Å². The minimum atomic E-state index is -0.122. The van der Waals surface area contributed by atoms with Gasteiger partial charge in [-0.2, -0.15) is 5.10 Å². The van der Waals surface area contributed by atoms with Crippen LogP contribution in [0.15, 0.2) is 11.0 Å². The Morgan fingerprint density at radius 2 is 2.10 bits per heavy atom. The zero-order chi connectivity index (χ0) is 14.9. The summed E-state index contributed by atoms with van der Waals surface area (Å²) in [4.78, 5) is 21.5. The highest BCUT2D eigenvalue weighted by atomic mass is 16.1. The minimum absolute atomic E-state index is 0.122. The van der Waals surface area contributed by atoms with E-state index in [1.165, 1.54) is 0 Å². The molecule has 2 aromatic rings. The summed E-state index contributed by atoms with van der Waals surface area (Å²) in [6.45, 7) is 7.25. The minimum Gasteiger partial charge on any atom is -0.309 e. The maximum atomic E-state index is 12.0. The molecule has 0 bridgehead atoms. The molecule has 0 saturated heterocycles. The maximum absolute atomic E-state index is 12.0. The number of hydrogen-bond acceptors (Lipinski definition) is 4. The molecular formula is C14H23N5O. The number of aryl methyl sites for hydroxylation is 1. The van der Waals surface area contributed by atoms with E-state index in [-0.39, 0.29) is 5.56 Å². The van der Waals surface area contributed by atoms with Gasteiger partial charge in [-0.15, -0.1) is 0 Å². The van der Waals surface area contributed by atoms with Crippen LogP contribution in [0.1, 0.15) is 33.0 Å². The van der Waals surface area contributed by atoms with Gasteiger partial charge in [0, 0.05) is 13.1 Å². The maximum Gasteiger partial charge on any atom is 0.262 e. The molecule has 2 heterocycles. The third kappa shape index (κ3) is 3.07. The van der Waals surface area contributed by atoms with Crippen LogP contribution >= 0.6 is 0 Å². The Kier molecular flexibility index (Phi) is 4.23. The quantitative estimate of drug-likeness (QED) is 0.900. The van der Waals surface area contributed by atoms with Crippen molar-refractivity contribution in [2.24, 2.45) is 13.0 Å². The van der Waals surface area contributed by atoms with Gasteiger partial charge in [0.15, 0.2) is 5.65 Å². The van der Waals surface area contributed by atoms with E-state index >= 15 is 0 Å². The number of aromatic nitrogens is 4. The molecule has 0 radical (unpaired) electrons. The molecule has 20 heavy (non-hydrogen) atoms. The fraction of sp³-hybridized carbons (Fsp3) is 0.643. The second-order valence-electron chi connectivity index (χ2n) is 5.91. The number of hydrogen-bond donors (Lipinski definition) is 1. The average molecular weight is 277 g/mol. The summed E-state index contributed by atoms with van der Waals surface area (Å²) >= 11 is 0. The highest BCUT2D eigenvalue weighted by Crippen LogP contribution is 2.12. The molecule has 6 nitrogen and oxygen atoms in total. The van der Waals surface area contributed by atoms with E-state index in [0.29, 0.717) is 35.4 Å². The van der Waals surface area contributed by atoms with Gasteiger partial charge in [-0.3, -0.25) is 14.4 Å². The number of nitrogens with zero attached hydrogens (tertiary/aromatic N) is 4. The van der Waals surface area contributed by atoms with E-state index in [9.17, 15) is 4.79 Å². The molecule has 2 aromatic heterocycles. The summed E-state index contributed by atoms with van der Waals surface area (Å²) in [5.74, 6) is 1.34. The predicted octanol–water partition coefficient (Wildman–Crippen LogP) is 1.52. The van der Waals surface area contributed by atoms with Gasteiger partial charge in [0.2, 0.25) is 0 Å². The van der Waals surface area contributed by atoms with Crippen molar-refractivity contribution in [2.45, 2.75) is 39.8 Å². The Bertz CT molecular complexity index is 643. The molecule has 0 aliphatic carbocycles. The summed E-state index contributed by atoms with van der Waals surface area (Å²) in [6, 6.07) is 0.447. The Hall–Kier alpha value is -1.69. The van der Waals surface area contributed by atoms with Crippen LogP contribution in [0.4, 0.5) is 0 Å². The fourth-order valence-electron chi connectivity index (χ4n) is 2.41. The Balaban J connectivity index is 2.21. The largest absolute Gasteiger partial charge is 0.309 e. The highest BCUT2D eigenvalue weighted by Gasteiger charge is 2.14. The van der Waals surface area contributed by atoms with Crippen molar-refractivity contribution in [1.82, 2.24) is 24.6 Å². The van der Waals surface area contributed by atoms with Gasteiger partial charge in [0.05, 0.1) is 12.7 Å². The lowest BCUT2D eigenvalue weighted by atomic mass is 10.0. The van der Waals surface area contributed by atoms with Crippen LogP contribution in [0.2, 0.25) is 0 Å². The van der Waals surface area contributed by atoms with Gasteiger partial charge >= 0.3 is 0 Å². The van der Waals surface area contributed by atoms with E-state index in [1.54, 1.807) is 17.9 Å². The monoisotopic (exact) mass is 277 g/mol. The van der Waals surface area contributed by atoms with Crippen LogP contribution in [0.3, 0.4) is 0 Å². The summed E-state index contributed by atoms with van der Waals surface area (Å²) in [5, 5.41) is 4.61. The first-order valence-corrected chi connectivity index (χ1v) is 6.99. The number of rotatable bonds is 5. The Morgan fingerprint density at radius 1 is 1.40 bits per heavy atom. The molecule has 0 fully saturated rings. The van der Waals surface area contributed by atoms with Crippen molar-refractivity contribution >= 4 is 11.0 Å². The van der Waals surface area contributed by atoms with Crippen LogP contribution < -0.4 is 5.56 Å². The van der Waals surface area contributed by atoms with E-state index in [2.05, 4.69) is 47.8 Å². The van der Waals surface area contributed by atoms with Crippen LogP contribution in [0.5, 0.6) is 0 Å². The van der Waals surface area contributed by atoms with Crippen molar-refractivity contribution < 1.29 is 0 Å². The van der Waals surface area contributed by atoms with Crippen molar-refractivity contribution in [3.05, 3.63) is 22.4 Å². The zero-order valence-corrected chi connectivity index (χ0v) is 12.8. The van der Waals surface area contributed by atoms with Crippen LogP contribution in [0.25, 0.3) is 11.0 Å². The molecule has 1 atom stereocenters. The lowest BCUT2D eigenvalue weighted by Gasteiger charge is -2.25. The predicted molar refractivity (Wildman–Crippen MR) is 79.5 cm³/mol. The second kappa shape index (κ2) is 5.75. The zero-order valence-electron chi connectivity index (χ0n) is 12.8. The lowest BCUT2D eigenvalue weighted by molar-refractivity contribution is 0.216. The van der Waals surface area contributed by atoms with E-state index in [4.69, 9.17) is 0 Å². The van der Waals surface area contributed by atoms with Crippen molar-refractivity contribution in [1.29, 1.82) is 0 Å². The molecule has 0 aromatic carbocycles. The summed E-state index contributed by atoms with van der Waals surface area (Å²) in [5.41, 5.74) is 0.511. The SMILES string of the molecule is CC(C)C[C@@H](C)N(C)Cc1nc2c(cnn2C)c(=O)[nH]1. The molecule has 0 unspecified atom stereocenters. The molecule has 0 aliphatic heterocycles. The molecule has 0 aliphatic rings. The molecule has 0 amide bonds. The Morgan fingerprint density at radius 3 is 2.75 bits per heavy atom. The molecule has 1 N–H and O–H groups in total. The summed E-state index contributed by atoms with van der Waals surface area (Å²) in [7, 11) is 3.85. The standard InChI is InChI=1S/C14H23N5O/c1-9(2)6-10(3)18(4)8-12-16-13-11(14(20)17-12)7-15-19(13)5/h7,9-10H,6,8H2,1-5H3,(H,16,17,20)/t10-/m1/s1. The first-order chi connectivity index (χ1) is 9.38. The smallest absolute Gasteiger partial charge is 0.262 e. The second-order valence-corrected chi connectivity index (χ2v) is 5.91. The topological polar surface area (TPSA) is 66.8 Å². The highest BCUT2D eigenvalue weighted by molar-refractivity contribution is 5.72. The third-order valence-corrected chi connectivity index (χ3v) is 3.61. The van der Waals surface area contributed by atoms with E-state index < -0.39 is 0 Å². The first-order valence-electron chi connectivity index (χ1n) is 6.99. The first kappa shape index (κ1) is 14.7. The van der Waals surface area contributed by atoms with Crippen molar-refractivity contribution in [3.8, 4) is 0 Å². The van der Waals surface area contributed by atoms with E-state index in [0.717, 1.165) is 6.42 Å². The van der Waals surface area contributed by atoms with Crippen LogP contribution in [-0.2, 0) is 13.6 Å². The van der Waals surface area contributed by atoms with Gasteiger partial charge in [-0.05, 0) is 26.3 Å².